The third-order valence-electron chi connectivity index (χ3n) is 2.33. The van der Waals surface area contributed by atoms with Crippen LogP contribution in [-0.4, -0.2) is 16.1 Å². The van der Waals surface area contributed by atoms with Crippen molar-refractivity contribution >= 4 is 23.0 Å². The number of carbonyl (C=O) groups is 1. The van der Waals surface area contributed by atoms with Crippen molar-refractivity contribution < 1.29 is 9.90 Å². The highest BCUT2D eigenvalue weighted by atomic mass is 32.1. The fourth-order valence-electron chi connectivity index (χ4n) is 1.50. The molecule has 0 aliphatic heterocycles. The minimum Gasteiger partial charge on any atom is -0.477 e. The third-order valence-corrected chi connectivity index (χ3v) is 3.39. The normalized spacial score (nSPS) is 12.1. The lowest BCUT2D eigenvalue weighted by Gasteiger charge is -2.13. The zero-order chi connectivity index (χ0) is 12.3. The molecule has 17 heavy (non-hydrogen) atoms. The van der Waals surface area contributed by atoms with Crippen LogP contribution in [0.1, 0.15) is 28.3 Å². The highest BCUT2D eigenvalue weighted by molar-refractivity contribution is 7.10. The van der Waals surface area contributed by atoms with Crippen molar-refractivity contribution in [1.82, 2.24) is 4.98 Å². The summed E-state index contributed by atoms with van der Waals surface area (Å²) in [5, 5.41) is 14.1. The van der Waals surface area contributed by atoms with Crippen LogP contribution in [-0.2, 0) is 0 Å². The summed E-state index contributed by atoms with van der Waals surface area (Å²) in [6.45, 7) is 2.03. The maximum absolute atomic E-state index is 10.8. The summed E-state index contributed by atoms with van der Waals surface area (Å²) < 4.78 is 0. The SMILES string of the molecule is CC(Nc1ccnc(C(=O)O)c1)c1cccs1. The van der Waals surface area contributed by atoms with Crippen LogP contribution in [0.2, 0.25) is 0 Å². The molecule has 0 aromatic carbocycles. The topological polar surface area (TPSA) is 62.2 Å². The standard InChI is InChI=1S/C12H12N2O2S/c1-8(11-3-2-6-17-11)14-9-4-5-13-10(7-9)12(15)16/h2-8H,1H3,(H,13,14)(H,15,16). The van der Waals surface area contributed by atoms with Gasteiger partial charge in [0.2, 0.25) is 0 Å². The van der Waals surface area contributed by atoms with E-state index in [1.54, 1.807) is 17.4 Å². The lowest BCUT2D eigenvalue weighted by molar-refractivity contribution is 0.0690. The van der Waals surface area contributed by atoms with E-state index in [1.165, 1.54) is 17.1 Å². The first kappa shape index (κ1) is 11.6. The maximum atomic E-state index is 10.8. The molecule has 1 unspecified atom stereocenters. The minimum atomic E-state index is -1.02. The molecule has 2 rings (SSSR count). The molecule has 2 N–H and O–H groups in total. The first-order chi connectivity index (χ1) is 8.16. The van der Waals surface area contributed by atoms with Crippen LogP contribution in [0, 0.1) is 0 Å². The van der Waals surface area contributed by atoms with E-state index in [0.29, 0.717) is 0 Å². The fraction of sp³-hybridized carbons (Fsp3) is 0.167. The number of anilines is 1. The maximum Gasteiger partial charge on any atom is 0.354 e. The molecule has 0 saturated carbocycles. The van der Waals surface area contributed by atoms with Gasteiger partial charge in [0.1, 0.15) is 5.69 Å². The summed E-state index contributed by atoms with van der Waals surface area (Å²) in [5.41, 5.74) is 0.812. The molecule has 2 aromatic rings. The van der Waals surface area contributed by atoms with Gasteiger partial charge in [-0.3, -0.25) is 0 Å². The zero-order valence-electron chi connectivity index (χ0n) is 9.25. The zero-order valence-corrected chi connectivity index (χ0v) is 10.1. The van der Waals surface area contributed by atoms with Crippen LogP contribution in [0.3, 0.4) is 0 Å². The molecule has 5 heteroatoms. The van der Waals surface area contributed by atoms with Gasteiger partial charge in [0.25, 0.3) is 0 Å². The van der Waals surface area contributed by atoms with Crippen LogP contribution in [0.15, 0.2) is 35.8 Å². The Balaban J connectivity index is 2.13. The van der Waals surface area contributed by atoms with Gasteiger partial charge in [0.05, 0.1) is 6.04 Å². The quantitative estimate of drug-likeness (QED) is 0.873. The van der Waals surface area contributed by atoms with Crippen molar-refractivity contribution in [2.45, 2.75) is 13.0 Å². The number of thiophene rings is 1. The second kappa shape index (κ2) is 4.97. The summed E-state index contributed by atoms with van der Waals surface area (Å²) in [6, 6.07) is 7.48. The van der Waals surface area contributed by atoms with E-state index in [2.05, 4.69) is 10.3 Å². The summed E-state index contributed by atoms with van der Waals surface area (Å²) in [7, 11) is 0. The van der Waals surface area contributed by atoms with E-state index >= 15 is 0 Å². The number of aromatic carboxylic acids is 1. The van der Waals surface area contributed by atoms with Crippen molar-refractivity contribution in [3.05, 3.63) is 46.4 Å². The number of hydrogen-bond acceptors (Lipinski definition) is 4. The molecule has 0 aliphatic carbocycles. The number of hydrogen-bond donors (Lipinski definition) is 2. The van der Waals surface area contributed by atoms with E-state index in [9.17, 15) is 4.79 Å². The van der Waals surface area contributed by atoms with Gasteiger partial charge in [0.15, 0.2) is 0 Å². The molecule has 0 radical (unpaired) electrons. The summed E-state index contributed by atoms with van der Waals surface area (Å²) in [6.07, 6.45) is 1.49. The number of nitrogens with one attached hydrogen (secondary N) is 1. The van der Waals surface area contributed by atoms with Crippen molar-refractivity contribution in [1.29, 1.82) is 0 Å². The van der Waals surface area contributed by atoms with Crippen LogP contribution in [0.5, 0.6) is 0 Å². The van der Waals surface area contributed by atoms with Gasteiger partial charge in [0, 0.05) is 16.8 Å². The number of carboxylic acid groups (broad SMARTS) is 1. The van der Waals surface area contributed by atoms with Crippen molar-refractivity contribution in [3.63, 3.8) is 0 Å². The lowest BCUT2D eigenvalue weighted by atomic mass is 10.2. The number of carboxylic acids is 1. The highest BCUT2D eigenvalue weighted by Gasteiger charge is 2.08. The molecular formula is C12H12N2O2S. The summed E-state index contributed by atoms with van der Waals surface area (Å²) >= 11 is 1.67. The van der Waals surface area contributed by atoms with Crippen molar-refractivity contribution in [2.24, 2.45) is 0 Å². The van der Waals surface area contributed by atoms with Crippen LogP contribution >= 0.6 is 11.3 Å². The fourth-order valence-corrected chi connectivity index (χ4v) is 2.23. The van der Waals surface area contributed by atoms with Gasteiger partial charge in [-0.15, -0.1) is 11.3 Å². The summed E-state index contributed by atoms with van der Waals surface area (Å²) in [5.74, 6) is -1.02. The Morgan fingerprint density at radius 1 is 1.53 bits per heavy atom. The molecule has 0 aliphatic rings. The molecule has 2 aromatic heterocycles. The highest BCUT2D eigenvalue weighted by Crippen LogP contribution is 2.22. The lowest BCUT2D eigenvalue weighted by Crippen LogP contribution is -2.07. The Labute approximate surface area is 103 Å². The average molecular weight is 248 g/mol. The monoisotopic (exact) mass is 248 g/mol. The van der Waals surface area contributed by atoms with E-state index in [4.69, 9.17) is 5.11 Å². The third kappa shape index (κ3) is 2.82. The Bertz CT molecular complexity index is 511. The first-order valence-electron chi connectivity index (χ1n) is 5.16. The Morgan fingerprint density at radius 2 is 2.35 bits per heavy atom. The predicted molar refractivity (Wildman–Crippen MR) is 67.6 cm³/mol. The molecule has 0 spiro atoms. The largest absolute Gasteiger partial charge is 0.477 e. The molecular weight excluding hydrogens is 236 g/mol. The molecule has 1 atom stereocenters. The predicted octanol–water partition coefficient (Wildman–Crippen LogP) is 3.01. The molecule has 0 saturated heterocycles. The Kier molecular flexibility index (Phi) is 3.39. The van der Waals surface area contributed by atoms with Gasteiger partial charge in [-0.1, -0.05) is 6.07 Å². The molecule has 0 fully saturated rings. The van der Waals surface area contributed by atoms with E-state index in [0.717, 1.165) is 5.69 Å². The van der Waals surface area contributed by atoms with Gasteiger partial charge in [-0.25, -0.2) is 9.78 Å². The minimum absolute atomic E-state index is 0.0494. The van der Waals surface area contributed by atoms with Gasteiger partial charge in [-0.05, 0) is 30.5 Å². The molecule has 88 valence electrons. The smallest absolute Gasteiger partial charge is 0.354 e. The van der Waals surface area contributed by atoms with Gasteiger partial charge in [-0.2, -0.15) is 0 Å². The molecule has 0 bridgehead atoms. The number of nitrogens with zero attached hydrogens (tertiary/aromatic N) is 1. The Morgan fingerprint density at radius 3 is 3.00 bits per heavy atom. The first-order valence-corrected chi connectivity index (χ1v) is 6.04. The van der Waals surface area contributed by atoms with Gasteiger partial charge >= 0.3 is 5.97 Å². The number of rotatable bonds is 4. The number of pyridine rings is 1. The molecule has 0 amide bonds. The van der Waals surface area contributed by atoms with Gasteiger partial charge < -0.3 is 10.4 Å². The van der Waals surface area contributed by atoms with E-state index < -0.39 is 5.97 Å². The molecule has 2 heterocycles. The Hall–Kier alpha value is -1.88. The van der Waals surface area contributed by atoms with E-state index in [1.807, 2.05) is 24.4 Å². The van der Waals surface area contributed by atoms with Crippen molar-refractivity contribution in [3.8, 4) is 0 Å². The van der Waals surface area contributed by atoms with E-state index in [-0.39, 0.29) is 11.7 Å². The van der Waals surface area contributed by atoms with Crippen molar-refractivity contribution in [2.75, 3.05) is 5.32 Å². The number of aromatic nitrogens is 1. The van der Waals surface area contributed by atoms with Crippen LogP contribution in [0.25, 0.3) is 0 Å². The average Bonchev–Trinajstić information content (AvgIpc) is 2.82. The van der Waals surface area contributed by atoms with Crippen LogP contribution in [0.4, 0.5) is 5.69 Å². The second-order valence-electron chi connectivity index (χ2n) is 3.62. The molecule has 4 nitrogen and oxygen atoms in total. The summed E-state index contributed by atoms with van der Waals surface area (Å²) in [4.78, 5) is 15.8. The second-order valence-corrected chi connectivity index (χ2v) is 4.60. The van der Waals surface area contributed by atoms with Crippen LogP contribution < -0.4 is 5.32 Å².